The molecule has 7 heteroatoms. The first-order chi connectivity index (χ1) is 10.3. The number of halogens is 2. The van der Waals surface area contributed by atoms with Gasteiger partial charge in [-0.05, 0) is 32.0 Å². The SMILES string of the molecule is COc1cc(C(=O)N2CCOC(C)(C)C2)ccc1OC(F)F. The molecule has 1 fully saturated rings. The van der Waals surface area contributed by atoms with Crippen molar-refractivity contribution < 1.29 is 27.8 Å². The van der Waals surface area contributed by atoms with Crippen molar-refractivity contribution in [3.8, 4) is 11.5 Å². The standard InChI is InChI=1S/C15H19F2NO4/c1-15(2)9-18(6-7-21-15)13(19)10-4-5-11(22-14(16)17)12(8-10)20-3/h4-5,8,14H,6-7,9H2,1-3H3. The highest BCUT2D eigenvalue weighted by Crippen LogP contribution is 2.30. The van der Waals surface area contributed by atoms with Gasteiger partial charge in [-0.2, -0.15) is 8.78 Å². The Hall–Kier alpha value is -1.89. The summed E-state index contributed by atoms with van der Waals surface area (Å²) in [5, 5.41) is 0. The van der Waals surface area contributed by atoms with Gasteiger partial charge in [0.1, 0.15) is 0 Å². The van der Waals surface area contributed by atoms with Crippen LogP contribution in [0.3, 0.4) is 0 Å². The number of ether oxygens (including phenoxy) is 3. The third-order valence-electron chi connectivity index (χ3n) is 3.34. The van der Waals surface area contributed by atoms with Gasteiger partial charge in [0.15, 0.2) is 11.5 Å². The molecule has 1 saturated heterocycles. The summed E-state index contributed by atoms with van der Waals surface area (Å²) in [6.45, 7) is 2.28. The summed E-state index contributed by atoms with van der Waals surface area (Å²) >= 11 is 0. The fraction of sp³-hybridized carbons (Fsp3) is 0.533. The number of carbonyl (C=O) groups is 1. The van der Waals surface area contributed by atoms with Crippen LogP contribution in [0.5, 0.6) is 11.5 Å². The van der Waals surface area contributed by atoms with Gasteiger partial charge in [0, 0.05) is 18.7 Å². The van der Waals surface area contributed by atoms with Gasteiger partial charge < -0.3 is 19.1 Å². The van der Waals surface area contributed by atoms with E-state index in [1.54, 1.807) is 4.90 Å². The first-order valence-corrected chi connectivity index (χ1v) is 6.88. The zero-order valence-electron chi connectivity index (χ0n) is 12.8. The predicted octanol–water partition coefficient (Wildman–Crippen LogP) is 2.55. The Morgan fingerprint density at radius 3 is 2.68 bits per heavy atom. The van der Waals surface area contributed by atoms with Crippen LogP contribution in [0.4, 0.5) is 8.78 Å². The molecule has 0 unspecified atom stereocenters. The summed E-state index contributed by atoms with van der Waals surface area (Å²) in [7, 11) is 1.33. The highest BCUT2D eigenvalue weighted by Gasteiger charge is 2.30. The van der Waals surface area contributed by atoms with Crippen molar-refractivity contribution in [1.29, 1.82) is 0 Å². The Labute approximate surface area is 127 Å². The average Bonchev–Trinajstić information content (AvgIpc) is 2.45. The predicted molar refractivity (Wildman–Crippen MR) is 75.6 cm³/mol. The van der Waals surface area contributed by atoms with E-state index in [2.05, 4.69) is 4.74 Å². The van der Waals surface area contributed by atoms with Gasteiger partial charge in [-0.15, -0.1) is 0 Å². The number of alkyl halides is 2. The van der Waals surface area contributed by atoms with E-state index in [9.17, 15) is 13.6 Å². The van der Waals surface area contributed by atoms with Gasteiger partial charge in [-0.25, -0.2) is 0 Å². The number of amides is 1. The topological polar surface area (TPSA) is 48.0 Å². The van der Waals surface area contributed by atoms with Crippen LogP contribution in [0.2, 0.25) is 0 Å². The van der Waals surface area contributed by atoms with Crippen molar-refractivity contribution in [3.05, 3.63) is 23.8 Å². The second kappa shape index (κ2) is 6.48. The Morgan fingerprint density at radius 2 is 2.09 bits per heavy atom. The summed E-state index contributed by atoms with van der Waals surface area (Å²) in [6.07, 6.45) is 0. The summed E-state index contributed by atoms with van der Waals surface area (Å²) in [5.41, 5.74) is -0.0485. The van der Waals surface area contributed by atoms with E-state index >= 15 is 0 Å². The van der Waals surface area contributed by atoms with Gasteiger partial charge >= 0.3 is 6.61 Å². The van der Waals surface area contributed by atoms with Gasteiger partial charge in [-0.1, -0.05) is 0 Å². The van der Waals surface area contributed by atoms with E-state index in [0.29, 0.717) is 25.3 Å². The van der Waals surface area contributed by atoms with E-state index in [1.165, 1.54) is 25.3 Å². The Bertz CT molecular complexity index is 548. The minimum atomic E-state index is -2.95. The van der Waals surface area contributed by atoms with Crippen molar-refractivity contribution in [3.63, 3.8) is 0 Å². The number of methoxy groups -OCH3 is 1. The van der Waals surface area contributed by atoms with Gasteiger partial charge in [0.25, 0.3) is 5.91 Å². The second-order valence-corrected chi connectivity index (χ2v) is 5.58. The van der Waals surface area contributed by atoms with E-state index in [0.717, 1.165) is 0 Å². The van der Waals surface area contributed by atoms with E-state index in [4.69, 9.17) is 9.47 Å². The lowest BCUT2D eigenvalue weighted by Crippen LogP contribution is -2.50. The maximum Gasteiger partial charge on any atom is 0.387 e. The van der Waals surface area contributed by atoms with Crippen LogP contribution in [0.15, 0.2) is 18.2 Å². The van der Waals surface area contributed by atoms with E-state index in [1.807, 2.05) is 13.8 Å². The monoisotopic (exact) mass is 315 g/mol. The molecular weight excluding hydrogens is 296 g/mol. The smallest absolute Gasteiger partial charge is 0.387 e. The van der Waals surface area contributed by atoms with Crippen LogP contribution >= 0.6 is 0 Å². The number of nitrogens with zero attached hydrogens (tertiary/aromatic N) is 1. The molecule has 0 saturated carbocycles. The molecule has 1 aromatic rings. The number of rotatable bonds is 4. The van der Waals surface area contributed by atoms with Crippen molar-refractivity contribution >= 4 is 5.91 Å². The molecule has 0 bridgehead atoms. The Morgan fingerprint density at radius 1 is 1.36 bits per heavy atom. The zero-order valence-corrected chi connectivity index (χ0v) is 12.8. The summed E-state index contributed by atoms with van der Waals surface area (Å²) in [4.78, 5) is 14.2. The third-order valence-corrected chi connectivity index (χ3v) is 3.34. The highest BCUT2D eigenvalue weighted by atomic mass is 19.3. The largest absolute Gasteiger partial charge is 0.493 e. The van der Waals surface area contributed by atoms with E-state index in [-0.39, 0.29) is 17.4 Å². The molecule has 0 N–H and O–H groups in total. The molecule has 0 aliphatic carbocycles. The Balaban J connectivity index is 2.19. The van der Waals surface area contributed by atoms with Crippen LogP contribution in [0, 0.1) is 0 Å². The molecule has 1 aromatic carbocycles. The molecule has 1 heterocycles. The van der Waals surface area contributed by atoms with Crippen LogP contribution in [0.1, 0.15) is 24.2 Å². The second-order valence-electron chi connectivity index (χ2n) is 5.58. The summed E-state index contributed by atoms with van der Waals surface area (Å²) < 4.78 is 39.5. The highest BCUT2D eigenvalue weighted by molar-refractivity contribution is 5.95. The third kappa shape index (κ3) is 3.85. The zero-order chi connectivity index (χ0) is 16.3. The molecule has 5 nitrogen and oxygen atoms in total. The fourth-order valence-electron chi connectivity index (χ4n) is 2.37. The molecular formula is C15H19F2NO4. The lowest BCUT2D eigenvalue weighted by molar-refractivity contribution is -0.0764. The molecule has 1 amide bonds. The van der Waals surface area contributed by atoms with Gasteiger partial charge in [0.05, 0.1) is 19.3 Å². The number of morpholine rings is 1. The molecule has 22 heavy (non-hydrogen) atoms. The molecule has 122 valence electrons. The normalized spacial score (nSPS) is 17.5. The van der Waals surface area contributed by atoms with E-state index < -0.39 is 12.2 Å². The fourth-order valence-corrected chi connectivity index (χ4v) is 2.37. The summed E-state index contributed by atoms with van der Waals surface area (Å²) in [5.74, 6) is -0.201. The minimum Gasteiger partial charge on any atom is -0.493 e. The molecule has 0 spiro atoms. The van der Waals surface area contributed by atoms with Gasteiger partial charge in [0.2, 0.25) is 0 Å². The number of carbonyl (C=O) groups excluding carboxylic acids is 1. The number of hydrogen-bond donors (Lipinski definition) is 0. The molecule has 1 aliphatic heterocycles. The van der Waals surface area contributed by atoms with Crippen LogP contribution < -0.4 is 9.47 Å². The summed E-state index contributed by atoms with van der Waals surface area (Å²) in [6, 6.07) is 4.16. The molecule has 0 radical (unpaired) electrons. The first-order valence-electron chi connectivity index (χ1n) is 6.88. The lowest BCUT2D eigenvalue weighted by Gasteiger charge is -2.38. The van der Waals surface area contributed by atoms with Gasteiger partial charge in [-0.3, -0.25) is 4.79 Å². The minimum absolute atomic E-state index is 0.0960. The number of benzene rings is 1. The van der Waals surface area contributed by atoms with Crippen molar-refractivity contribution in [2.45, 2.75) is 26.1 Å². The number of hydrogen-bond acceptors (Lipinski definition) is 4. The van der Waals surface area contributed by atoms with Crippen LogP contribution in [-0.2, 0) is 4.74 Å². The maximum absolute atomic E-state index is 12.5. The first kappa shape index (κ1) is 16.5. The maximum atomic E-state index is 12.5. The Kier molecular flexibility index (Phi) is 4.85. The van der Waals surface area contributed by atoms with Crippen molar-refractivity contribution in [2.75, 3.05) is 26.8 Å². The van der Waals surface area contributed by atoms with Crippen LogP contribution in [-0.4, -0.2) is 49.8 Å². The molecule has 2 rings (SSSR count). The quantitative estimate of drug-likeness (QED) is 0.857. The average molecular weight is 315 g/mol. The van der Waals surface area contributed by atoms with Crippen LogP contribution in [0.25, 0.3) is 0 Å². The molecule has 1 aliphatic rings. The van der Waals surface area contributed by atoms with Crippen molar-refractivity contribution in [2.24, 2.45) is 0 Å². The lowest BCUT2D eigenvalue weighted by atomic mass is 10.1. The molecule has 0 aromatic heterocycles. The van der Waals surface area contributed by atoms with Crippen molar-refractivity contribution in [1.82, 2.24) is 4.90 Å². The molecule has 0 atom stereocenters.